The Kier molecular flexibility index (Phi) is 48.1. The van der Waals surface area contributed by atoms with E-state index in [2.05, 4.69) is 116 Å². The minimum atomic E-state index is -1.98. The van der Waals surface area contributed by atoms with Gasteiger partial charge in [0.05, 0.1) is 38.6 Å². The number of carbonyl (C=O) groups excluding carboxylic acids is 1. The summed E-state index contributed by atoms with van der Waals surface area (Å²) < 4.78 is 34.3. The molecule has 19 nitrogen and oxygen atoms in total. The lowest BCUT2D eigenvalue weighted by atomic mass is 9.96. The molecule has 528 valence electrons. The number of hydrogen-bond acceptors (Lipinski definition) is 18. The maximum atomic E-state index is 13.4. The first-order chi connectivity index (χ1) is 44.8. The van der Waals surface area contributed by atoms with Crippen molar-refractivity contribution in [2.75, 3.05) is 26.4 Å². The number of rotatable bonds is 52. The van der Waals surface area contributed by atoms with E-state index in [1.165, 1.54) is 77.0 Å². The molecule has 3 heterocycles. The molecule has 0 aromatic carbocycles. The van der Waals surface area contributed by atoms with Crippen molar-refractivity contribution in [3.8, 4) is 0 Å². The molecule has 0 radical (unpaired) electrons. The summed E-state index contributed by atoms with van der Waals surface area (Å²) >= 11 is 0. The average Bonchev–Trinajstić information content (AvgIpc) is 0.830. The van der Waals surface area contributed by atoms with Crippen molar-refractivity contribution in [1.29, 1.82) is 0 Å². The molecule has 3 fully saturated rings. The van der Waals surface area contributed by atoms with E-state index in [0.717, 1.165) is 109 Å². The van der Waals surface area contributed by atoms with Crippen LogP contribution < -0.4 is 5.32 Å². The summed E-state index contributed by atoms with van der Waals surface area (Å²) in [5.74, 6) is -0.286. The Balaban J connectivity index is 1.36. The van der Waals surface area contributed by atoms with Crippen LogP contribution >= 0.6 is 0 Å². The zero-order valence-electron chi connectivity index (χ0n) is 55.7. The molecule has 3 rings (SSSR count). The predicted octanol–water partition coefficient (Wildman–Crippen LogP) is 9.44. The van der Waals surface area contributed by atoms with Gasteiger partial charge in [-0.05, 0) is 83.5 Å². The monoisotopic (exact) mass is 1300 g/mol. The first-order valence-corrected chi connectivity index (χ1v) is 35.1. The van der Waals surface area contributed by atoms with Crippen LogP contribution in [0.2, 0.25) is 0 Å². The number of hydrogen-bond donors (Lipinski definition) is 12. The highest BCUT2D eigenvalue weighted by Crippen LogP contribution is 2.33. The number of nitrogens with one attached hydrogen (secondary N) is 1. The molecule has 0 aromatic heterocycles. The van der Waals surface area contributed by atoms with Crippen molar-refractivity contribution in [2.24, 2.45) is 0 Å². The van der Waals surface area contributed by atoms with Gasteiger partial charge in [0.2, 0.25) is 5.91 Å². The lowest BCUT2D eigenvalue weighted by Crippen LogP contribution is -2.66. The smallest absolute Gasteiger partial charge is 0.220 e. The molecule has 17 unspecified atom stereocenters. The van der Waals surface area contributed by atoms with Gasteiger partial charge in [-0.2, -0.15) is 0 Å². The van der Waals surface area contributed by atoms with Crippen LogP contribution in [0.15, 0.2) is 109 Å². The fraction of sp³-hybridized carbons (Fsp3) is 0.740. The van der Waals surface area contributed by atoms with Gasteiger partial charge in [0.15, 0.2) is 18.9 Å². The van der Waals surface area contributed by atoms with Gasteiger partial charge in [0.1, 0.15) is 73.2 Å². The molecule has 92 heavy (non-hydrogen) atoms. The summed E-state index contributed by atoms with van der Waals surface area (Å²) in [6, 6.07) is -0.981. The highest BCUT2D eigenvalue weighted by atomic mass is 16.8. The molecule has 0 bridgehead atoms. The summed E-state index contributed by atoms with van der Waals surface area (Å²) in [4.78, 5) is 13.4. The highest BCUT2D eigenvalue weighted by Gasteiger charge is 2.53. The van der Waals surface area contributed by atoms with E-state index in [0.29, 0.717) is 6.42 Å². The van der Waals surface area contributed by atoms with Gasteiger partial charge in [-0.1, -0.05) is 232 Å². The van der Waals surface area contributed by atoms with Gasteiger partial charge in [0, 0.05) is 6.42 Å². The molecule has 12 N–H and O–H groups in total. The van der Waals surface area contributed by atoms with Crippen LogP contribution in [0, 0.1) is 0 Å². The molecule has 0 aliphatic carbocycles. The van der Waals surface area contributed by atoms with Crippen molar-refractivity contribution < 1.29 is 89.4 Å². The molecule has 0 spiro atoms. The lowest BCUT2D eigenvalue weighted by molar-refractivity contribution is -0.379. The Morgan fingerprint density at radius 2 is 0.750 bits per heavy atom. The van der Waals surface area contributed by atoms with Gasteiger partial charge < -0.3 is 89.9 Å². The number of carbonyl (C=O) groups is 1. The van der Waals surface area contributed by atoms with E-state index in [4.69, 9.17) is 28.4 Å². The van der Waals surface area contributed by atoms with Crippen molar-refractivity contribution >= 4 is 5.91 Å². The molecule has 3 aliphatic heterocycles. The molecule has 17 atom stereocenters. The molecule has 0 aromatic rings. The number of ether oxygens (including phenoxy) is 6. The number of aliphatic hydroxyl groups is 11. The quantitative estimate of drug-likeness (QED) is 0.0199. The standard InChI is InChI=1S/C73H123NO18/c1-3-5-7-9-11-13-15-17-18-19-20-21-22-23-24-25-26-27-28-29-30-31-32-33-34-35-36-37-38-39-41-43-45-47-49-51-61(79)74-56(57(78)50-48-46-44-42-40-16-14-12-10-8-6-4-2)55-87-71-67(85)64(82)69(59(53-76)89-71)92-73-68(86)65(83)70(60(54-77)90-73)91-72-66(84)63(81)62(80)58(52-75)88-72/h5,7,11,13,17-18,20-21,23-24,26-27,29-30,32-33,48,50,56-60,62-73,75-78,80-86H,3-4,6,8-10,12,14-16,19,22,25,28,31,34-47,49,51-55H2,1-2H3,(H,74,79)/b7-5-,13-11-,18-17-,21-20-,24-23-,27-26-,30-29-,33-32-,50-48+. The Labute approximate surface area is 551 Å². The zero-order valence-corrected chi connectivity index (χ0v) is 55.7. The molecule has 19 heteroatoms. The van der Waals surface area contributed by atoms with Gasteiger partial charge in [-0.15, -0.1) is 0 Å². The second-order valence-corrected chi connectivity index (χ2v) is 24.6. The molecule has 3 saturated heterocycles. The van der Waals surface area contributed by atoms with E-state index >= 15 is 0 Å². The predicted molar refractivity (Wildman–Crippen MR) is 360 cm³/mol. The number of allylic oxidation sites excluding steroid dienone is 17. The van der Waals surface area contributed by atoms with E-state index in [9.17, 15) is 61.0 Å². The van der Waals surface area contributed by atoms with Crippen LogP contribution in [0.4, 0.5) is 0 Å². The van der Waals surface area contributed by atoms with E-state index in [-0.39, 0.29) is 18.9 Å². The number of aliphatic hydroxyl groups excluding tert-OH is 11. The van der Waals surface area contributed by atoms with E-state index in [1.54, 1.807) is 6.08 Å². The van der Waals surface area contributed by atoms with Crippen LogP contribution in [-0.2, 0) is 33.2 Å². The van der Waals surface area contributed by atoms with Crippen LogP contribution in [0.5, 0.6) is 0 Å². The van der Waals surface area contributed by atoms with E-state index in [1.807, 2.05) is 6.08 Å². The second kappa shape index (κ2) is 53.6. The van der Waals surface area contributed by atoms with Gasteiger partial charge >= 0.3 is 0 Å². The Hall–Kier alpha value is -3.55. The first kappa shape index (κ1) is 82.7. The Bertz CT molecular complexity index is 2090. The Morgan fingerprint density at radius 3 is 1.17 bits per heavy atom. The van der Waals surface area contributed by atoms with Gasteiger partial charge in [-0.3, -0.25) is 4.79 Å². The van der Waals surface area contributed by atoms with Crippen molar-refractivity contribution in [3.05, 3.63) is 109 Å². The third kappa shape index (κ3) is 34.9. The molecular formula is C73H123NO18. The minimum absolute atomic E-state index is 0.231. The van der Waals surface area contributed by atoms with Crippen LogP contribution in [0.3, 0.4) is 0 Å². The second-order valence-electron chi connectivity index (χ2n) is 24.6. The number of unbranched alkanes of at least 4 members (excludes halogenated alkanes) is 20. The summed E-state index contributed by atoms with van der Waals surface area (Å²) in [6.07, 6.45) is 45.0. The fourth-order valence-corrected chi connectivity index (χ4v) is 11.1. The largest absolute Gasteiger partial charge is 0.394 e. The molecule has 0 saturated carbocycles. The summed E-state index contributed by atoms with van der Waals surface area (Å²) in [5, 5.41) is 120. The fourth-order valence-electron chi connectivity index (χ4n) is 11.1. The van der Waals surface area contributed by atoms with Crippen LogP contribution in [-0.4, -0.2) is 193 Å². The maximum Gasteiger partial charge on any atom is 0.220 e. The summed E-state index contributed by atoms with van der Waals surface area (Å²) in [6.45, 7) is 1.58. The number of amides is 1. The summed E-state index contributed by atoms with van der Waals surface area (Å²) in [7, 11) is 0. The molecule has 3 aliphatic rings. The van der Waals surface area contributed by atoms with E-state index < -0.39 is 124 Å². The van der Waals surface area contributed by atoms with Crippen molar-refractivity contribution in [1.82, 2.24) is 5.32 Å². The third-order valence-electron chi connectivity index (χ3n) is 16.8. The maximum absolute atomic E-state index is 13.4. The van der Waals surface area contributed by atoms with Gasteiger partial charge in [0.25, 0.3) is 0 Å². The minimum Gasteiger partial charge on any atom is -0.394 e. The van der Waals surface area contributed by atoms with Crippen LogP contribution in [0.1, 0.15) is 213 Å². The molecular weight excluding hydrogens is 1180 g/mol. The van der Waals surface area contributed by atoms with Crippen LogP contribution in [0.25, 0.3) is 0 Å². The summed E-state index contributed by atoms with van der Waals surface area (Å²) in [5.41, 5.74) is 0. The SMILES string of the molecule is CC/C=C\C/C=C\C/C=C\C/C=C\C/C=C\C/C=C\C/C=C\C/C=C\CCCCCCCCCCCCC(=O)NC(COC1OC(CO)C(OC2OC(CO)C(OC3OC(CO)C(O)C(O)C3O)C(O)C2O)C(O)C1O)C(O)/C=C/CCCCCCCCCCCC. The first-order valence-electron chi connectivity index (χ1n) is 35.1. The van der Waals surface area contributed by atoms with Crippen molar-refractivity contribution in [2.45, 2.75) is 317 Å². The topological polar surface area (TPSA) is 307 Å². The van der Waals surface area contributed by atoms with Gasteiger partial charge in [-0.25, -0.2) is 0 Å². The highest BCUT2D eigenvalue weighted by molar-refractivity contribution is 5.76. The normalized spacial score (nSPS) is 28.4. The zero-order chi connectivity index (χ0) is 66.8. The molecule has 1 amide bonds. The van der Waals surface area contributed by atoms with Crippen molar-refractivity contribution in [3.63, 3.8) is 0 Å². The third-order valence-corrected chi connectivity index (χ3v) is 16.8. The Morgan fingerprint density at radius 1 is 0.402 bits per heavy atom. The average molecular weight is 1300 g/mol. The lowest BCUT2D eigenvalue weighted by Gasteiger charge is -2.48.